The highest BCUT2D eigenvalue weighted by Gasteiger charge is 2.19. The topological polar surface area (TPSA) is 61.4 Å². The SMILES string of the molecule is Cc1ccc(CCNC(=O)N[C@@H]2C=C[C@H](CO)C2)c(C)c1. The van der Waals surface area contributed by atoms with Gasteiger partial charge in [0, 0.05) is 25.1 Å². The molecule has 4 heteroatoms. The molecule has 0 radical (unpaired) electrons. The molecule has 2 rings (SSSR count). The molecule has 3 N–H and O–H groups in total. The summed E-state index contributed by atoms with van der Waals surface area (Å²) in [7, 11) is 0. The van der Waals surface area contributed by atoms with Gasteiger partial charge in [0.1, 0.15) is 0 Å². The van der Waals surface area contributed by atoms with Crippen LogP contribution in [0.2, 0.25) is 0 Å². The third kappa shape index (κ3) is 4.60. The van der Waals surface area contributed by atoms with Crippen molar-refractivity contribution >= 4 is 6.03 Å². The van der Waals surface area contributed by atoms with E-state index in [4.69, 9.17) is 5.11 Å². The van der Waals surface area contributed by atoms with Gasteiger partial charge in [0.25, 0.3) is 0 Å². The van der Waals surface area contributed by atoms with E-state index in [1.54, 1.807) is 0 Å². The maximum atomic E-state index is 11.8. The molecule has 1 aliphatic carbocycles. The number of carbonyl (C=O) groups is 1. The molecule has 2 amide bonds. The standard InChI is InChI=1S/C17H24N2O2/c1-12-3-5-15(13(2)9-12)7-8-18-17(21)19-16-6-4-14(10-16)11-20/h3-6,9,14,16,20H,7-8,10-11H2,1-2H3,(H2,18,19,21)/t14-,16+/m0/s1. The minimum atomic E-state index is -0.145. The van der Waals surface area contributed by atoms with Crippen LogP contribution in [0.5, 0.6) is 0 Å². The van der Waals surface area contributed by atoms with Crippen LogP contribution >= 0.6 is 0 Å². The molecule has 0 spiro atoms. The van der Waals surface area contributed by atoms with Gasteiger partial charge in [0.15, 0.2) is 0 Å². The van der Waals surface area contributed by atoms with Crippen molar-refractivity contribution in [1.82, 2.24) is 10.6 Å². The molecule has 0 aliphatic heterocycles. The van der Waals surface area contributed by atoms with E-state index in [9.17, 15) is 4.79 Å². The van der Waals surface area contributed by atoms with E-state index < -0.39 is 0 Å². The van der Waals surface area contributed by atoms with Crippen LogP contribution in [0.4, 0.5) is 4.79 Å². The van der Waals surface area contributed by atoms with Crippen LogP contribution in [0.1, 0.15) is 23.1 Å². The Balaban J connectivity index is 1.71. The Hall–Kier alpha value is -1.81. The lowest BCUT2D eigenvalue weighted by Crippen LogP contribution is -2.41. The number of nitrogens with one attached hydrogen (secondary N) is 2. The van der Waals surface area contributed by atoms with E-state index in [0.717, 1.165) is 12.8 Å². The monoisotopic (exact) mass is 288 g/mol. The number of benzene rings is 1. The van der Waals surface area contributed by atoms with Crippen molar-refractivity contribution < 1.29 is 9.90 Å². The van der Waals surface area contributed by atoms with Crippen molar-refractivity contribution in [3.8, 4) is 0 Å². The third-order valence-corrected chi connectivity index (χ3v) is 3.90. The summed E-state index contributed by atoms with van der Waals surface area (Å²) < 4.78 is 0. The van der Waals surface area contributed by atoms with Gasteiger partial charge in [-0.1, -0.05) is 35.9 Å². The van der Waals surface area contributed by atoms with E-state index in [1.165, 1.54) is 16.7 Å². The van der Waals surface area contributed by atoms with E-state index in [0.29, 0.717) is 6.54 Å². The Morgan fingerprint density at radius 2 is 2.14 bits per heavy atom. The number of carbonyl (C=O) groups excluding carboxylic acids is 1. The van der Waals surface area contributed by atoms with Crippen LogP contribution in [-0.2, 0) is 6.42 Å². The summed E-state index contributed by atoms with van der Waals surface area (Å²) in [6.45, 7) is 4.94. The lowest BCUT2D eigenvalue weighted by Gasteiger charge is -2.14. The molecule has 0 bridgehead atoms. The number of hydrogen-bond acceptors (Lipinski definition) is 2. The molecule has 0 heterocycles. The molecule has 0 aromatic heterocycles. The summed E-state index contributed by atoms with van der Waals surface area (Å²) >= 11 is 0. The van der Waals surface area contributed by atoms with Crippen LogP contribution in [0, 0.1) is 19.8 Å². The third-order valence-electron chi connectivity index (χ3n) is 3.90. The molecular weight excluding hydrogens is 264 g/mol. The Morgan fingerprint density at radius 3 is 2.81 bits per heavy atom. The summed E-state index contributed by atoms with van der Waals surface area (Å²) in [5.74, 6) is 0.172. The molecule has 1 aromatic carbocycles. The summed E-state index contributed by atoms with van der Waals surface area (Å²) in [4.78, 5) is 11.8. The van der Waals surface area contributed by atoms with Gasteiger partial charge >= 0.3 is 6.03 Å². The maximum Gasteiger partial charge on any atom is 0.315 e. The van der Waals surface area contributed by atoms with Crippen LogP contribution in [-0.4, -0.2) is 30.3 Å². The number of aliphatic hydroxyl groups excluding tert-OH is 1. The van der Waals surface area contributed by atoms with Crippen molar-refractivity contribution in [2.45, 2.75) is 32.7 Å². The number of urea groups is 1. The van der Waals surface area contributed by atoms with E-state index in [2.05, 4.69) is 42.7 Å². The minimum absolute atomic E-state index is 0.0308. The van der Waals surface area contributed by atoms with Gasteiger partial charge in [-0.25, -0.2) is 4.79 Å². The maximum absolute atomic E-state index is 11.8. The zero-order chi connectivity index (χ0) is 15.2. The fourth-order valence-electron chi connectivity index (χ4n) is 2.67. The van der Waals surface area contributed by atoms with Gasteiger partial charge in [-0.15, -0.1) is 0 Å². The van der Waals surface area contributed by atoms with Gasteiger partial charge in [-0.3, -0.25) is 0 Å². The molecule has 4 nitrogen and oxygen atoms in total. The van der Waals surface area contributed by atoms with Crippen LogP contribution in [0.25, 0.3) is 0 Å². The highest BCUT2D eigenvalue weighted by molar-refractivity contribution is 5.74. The van der Waals surface area contributed by atoms with E-state index >= 15 is 0 Å². The second-order valence-electron chi connectivity index (χ2n) is 5.75. The number of amides is 2. The molecule has 1 aliphatic rings. The first-order valence-corrected chi connectivity index (χ1v) is 7.48. The molecular formula is C17H24N2O2. The number of rotatable bonds is 5. The smallest absolute Gasteiger partial charge is 0.315 e. The van der Waals surface area contributed by atoms with Crippen molar-refractivity contribution in [1.29, 1.82) is 0 Å². The van der Waals surface area contributed by atoms with Crippen LogP contribution in [0.3, 0.4) is 0 Å². The van der Waals surface area contributed by atoms with Gasteiger partial charge in [-0.2, -0.15) is 0 Å². The Labute approximate surface area is 126 Å². The summed E-state index contributed by atoms with van der Waals surface area (Å²) in [5.41, 5.74) is 3.79. The normalized spacial score (nSPS) is 20.5. The number of aryl methyl sites for hydroxylation is 2. The molecule has 114 valence electrons. The largest absolute Gasteiger partial charge is 0.396 e. The number of aliphatic hydroxyl groups is 1. The summed E-state index contributed by atoms with van der Waals surface area (Å²) in [6.07, 6.45) is 5.52. The summed E-state index contributed by atoms with van der Waals surface area (Å²) in [6, 6.07) is 6.26. The van der Waals surface area contributed by atoms with Crippen molar-refractivity contribution in [3.63, 3.8) is 0 Å². The zero-order valence-corrected chi connectivity index (χ0v) is 12.7. The predicted octanol–water partition coefficient (Wildman–Crippen LogP) is 2.08. The first-order valence-electron chi connectivity index (χ1n) is 7.48. The summed E-state index contributed by atoms with van der Waals surface area (Å²) in [5, 5.41) is 14.8. The second-order valence-corrected chi connectivity index (χ2v) is 5.75. The lowest BCUT2D eigenvalue weighted by molar-refractivity contribution is 0.231. The van der Waals surface area contributed by atoms with E-state index in [-0.39, 0.29) is 24.6 Å². The quantitative estimate of drug-likeness (QED) is 0.727. The molecule has 0 unspecified atom stereocenters. The average Bonchev–Trinajstić information content (AvgIpc) is 2.89. The van der Waals surface area contributed by atoms with Crippen molar-refractivity contribution in [2.24, 2.45) is 5.92 Å². The average molecular weight is 288 g/mol. The Bertz CT molecular complexity index is 526. The second kappa shape index (κ2) is 7.27. The first-order chi connectivity index (χ1) is 10.1. The van der Waals surface area contributed by atoms with Crippen molar-refractivity contribution in [2.75, 3.05) is 13.2 Å². The first kappa shape index (κ1) is 15.6. The molecule has 0 saturated heterocycles. The van der Waals surface area contributed by atoms with E-state index in [1.807, 2.05) is 12.2 Å². The highest BCUT2D eigenvalue weighted by atomic mass is 16.3. The minimum Gasteiger partial charge on any atom is -0.396 e. The van der Waals surface area contributed by atoms with Gasteiger partial charge in [0.05, 0.1) is 0 Å². The molecule has 2 atom stereocenters. The Kier molecular flexibility index (Phi) is 5.39. The van der Waals surface area contributed by atoms with Gasteiger partial charge in [0.2, 0.25) is 0 Å². The van der Waals surface area contributed by atoms with Crippen LogP contribution < -0.4 is 10.6 Å². The predicted molar refractivity (Wildman–Crippen MR) is 84.3 cm³/mol. The molecule has 0 saturated carbocycles. The molecule has 1 aromatic rings. The molecule has 21 heavy (non-hydrogen) atoms. The fraction of sp³-hybridized carbons (Fsp3) is 0.471. The highest BCUT2D eigenvalue weighted by Crippen LogP contribution is 2.16. The number of hydrogen-bond donors (Lipinski definition) is 3. The Morgan fingerprint density at radius 1 is 1.33 bits per heavy atom. The lowest BCUT2D eigenvalue weighted by atomic mass is 10.0. The molecule has 0 fully saturated rings. The van der Waals surface area contributed by atoms with Crippen molar-refractivity contribution in [3.05, 3.63) is 47.0 Å². The van der Waals surface area contributed by atoms with Crippen LogP contribution in [0.15, 0.2) is 30.4 Å². The zero-order valence-electron chi connectivity index (χ0n) is 12.7. The fourth-order valence-corrected chi connectivity index (χ4v) is 2.67. The van der Waals surface area contributed by atoms with Gasteiger partial charge in [-0.05, 0) is 37.8 Å². The van der Waals surface area contributed by atoms with Gasteiger partial charge < -0.3 is 15.7 Å².